The van der Waals surface area contributed by atoms with Gasteiger partial charge in [-0.05, 0) is 38.1 Å². The highest BCUT2D eigenvalue weighted by atomic mass is 35.5. The summed E-state index contributed by atoms with van der Waals surface area (Å²) in [5, 5.41) is 7.74. The van der Waals surface area contributed by atoms with Crippen LogP contribution in [0.25, 0.3) is 0 Å². The number of furan rings is 1. The zero-order valence-electron chi connectivity index (χ0n) is 21.9. The van der Waals surface area contributed by atoms with Gasteiger partial charge in [-0.2, -0.15) is 0 Å². The van der Waals surface area contributed by atoms with Crippen molar-refractivity contribution in [2.75, 3.05) is 26.3 Å². The summed E-state index contributed by atoms with van der Waals surface area (Å²) in [5.74, 6) is -1.01. The van der Waals surface area contributed by atoms with Gasteiger partial charge < -0.3 is 23.9 Å². The highest BCUT2D eigenvalue weighted by Crippen LogP contribution is 2.31. The number of halogens is 2. The average molecular weight is 614 g/mol. The Labute approximate surface area is 242 Å². The number of aliphatic hydroxyl groups excluding tert-OH is 1. The van der Waals surface area contributed by atoms with E-state index >= 15 is 0 Å². The van der Waals surface area contributed by atoms with E-state index in [2.05, 4.69) is 4.72 Å². The second-order valence-corrected chi connectivity index (χ2v) is 11.4. The Bertz CT molecular complexity index is 1370. The van der Waals surface area contributed by atoms with Crippen molar-refractivity contribution in [2.24, 2.45) is 0 Å². The van der Waals surface area contributed by atoms with E-state index < -0.39 is 28.0 Å². The van der Waals surface area contributed by atoms with Gasteiger partial charge in [0.15, 0.2) is 0 Å². The number of hydrogen-bond acceptors (Lipinski definition) is 8. The summed E-state index contributed by atoms with van der Waals surface area (Å²) in [6.45, 7) is 4.77. The Kier molecular flexibility index (Phi) is 11.6. The fourth-order valence-electron chi connectivity index (χ4n) is 3.56. The highest BCUT2D eigenvalue weighted by molar-refractivity contribution is 7.89. The molecule has 10 nitrogen and oxygen atoms in total. The summed E-state index contributed by atoms with van der Waals surface area (Å²) in [6.07, 6.45) is -0.0188. The molecule has 1 aromatic heterocycles. The lowest BCUT2D eigenvalue weighted by Crippen LogP contribution is -2.44. The molecule has 40 heavy (non-hydrogen) atoms. The molecule has 2 N–H and O–H groups in total. The number of carbonyl (C=O) groups is 2. The van der Waals surface area contributed by atoms with E-state index in [0.717, 1.165) is 12.1 Å². The number of rotatable bonds is 8. The molecule has 1 unspecified atom stereocenters. The molecular formula is C27H30Cl2N2O8S. The first-order valence-corrected chi connectivity index (χ1v) is 14.5. The second kappa shape index (κ2) is 14.6. The van der Waals surface area contributed by atoms with Crippen LogP contribution < -0.4 is 4.72 Å². The lowest BCUT2D eigenvalue weighted by molar-refractivity contribution is -0.145. The third-order valence-electron chi connectivity index (χ3n) is 5.42. The molecule has 1 aliphatic heterocycles. The van der Waals surface area contributed by atoms with Gasteiger partial charge in [0.25, 0.3) is 5.91 Å². The molecule has 216 valence electrons. The van der Waals surface area contributed by atoms with Crippen LogP contribution in [0.5, 0.6) is 0 Å². The number of aliphatic hydroxyl groups is 1. The minimum Gasteiger partial charge on any atom is -0.468 e. The zero-order chi connectivity index (χ0) is 29.3. The molecule has 1 aliphatic rings. The number of morpholine rings is 1. The number of ether oxygens (including phenoxy) is 2. The van der Waals surface area contributed by atoms with E-state index in [1.54, 1.807) is 61.2 Å². The smallest absolute Gasteiger partial charge is 0.340 e. The predicted octanol–water partition coefficient (Wildman–Crippen LogP) is 4.21. The fraction of sp³-hybridized carbons (Fsp3) is 0.333. The van der Waals surface area contributed by atoms with Crippen molar-refractivity contribution in [1.82, 2.24) is 9.62 Å². The Morgan fingerprint density at radius 2 is 1.70 bits per heavy atom. The van der Waals surface area contributed by atoms with Crippen molar-refractivity contribution in [3.05, 3.63) is 87.8 Å². The van der Waals surface area contributed by atoms with Crippen molar-refractivity contribution in [2.45, 2.75) is 37.5 Å². The summed E-state index contributed by atoms with van der Waals surface area (Å²) in [5.41, 5.74) is 0.204. The van der Waals surface area contributed by atoms with Crippen LogP contribution in [-0.2, 0) is 30.8 Å². The number of nitrogens with zero attached hydrogens (tertiary/aromatic N) is 1. The van der Waals surface area contributed by atoms with Crippen LogP contribution in [0, 0.1) is 0 Å². The van der Waals surface area contributed by atoms with Gasteiger partial charge in [-0.25, -0.2) is 17.9 Å². The van der Waals surface area contributed by atoms with Crippen LogP contribution in [0.15, 0.2) is 70.2 Å². The maximum atomic E-state index is 13.3. The number of sulfonamides is 1. The molecular weight excluding hydrogens is 583 g/mol. The Morgan fingerprint density at radius 3 is 2.30 bits per heavy atom. The number of carbonyl (C=O) groups excluding carboxylic acids is 2. The topological polar surface area (TPSA) is 135 Å². The average Bonchev–Trinajstić information content (AvgIpc) is 3.45. The molecule has 1 amide bonds. The minimum atomic E-state index is -4.15. The molecule has 13 heteroatoms. The minimum absolute atomic E-state index is 0.124. The lowest BCUT2D eigenvalue weighted by Gasteiger charge is -2.30. The number of esters is 1. The lowest BCUT2D eigenvalue weighted by atomic mass is 10.1. The van der Waals surface area contributed by atoms with Crippen LogP contribution in [0.4, 0.5) is 0 Å². The molecule has 2 heterocycles. The second-order valence-electron chi connectivity index (χ2n) is 8.89. The largest absolute Gasteiger partial charge is 0.468 e. The maximum Gasteiger partial charge on any atom is 0.340 e. The van der Waals surface area contributed by atoms with Crippen LogP contribution in [0.3, 0.4) is 0 Å². The first kappa shape index (κ1) is 31.6. The van der Waals surface area contributed by atoms with Gasteiger partial charge in [-0.3, -0.25) is 4.79 Å². The standard InChI is InChI=1S/C24H22Cl2N2O7S.C3H8O/c25-19-14-20(26)21(36(31,32)27-15-17-7-4-10-34-17)13-18(19)24(30)35-22(16-5-2-1-3-6-16)23(29)28-8-11-33-12-9-28;1-3(2)4/h1-7,10,13-14,22,27H,8-9,11-12,15H2;3-4H,1-2H3. The third kappa shape index (κ3) is 8.79. The van der Waals surface area contributed by atoms with E-state index in [0.29, 0.717) is 37.6 Å². The Balaban J connectivity index is 0.00000103. The number of benzene rings is 2. The van der Waals surface area contributed by atoms with E-state index in [4.69, 9.17) is 42.2 Å². The first-order valence-electron chi connectivity index (χ1n) is 12.3. The van der Waals surface area contributed by atoms with Gasteiger partial charge in [0, 0.05) is 24.8 Å². The third-order valence-corrected chi connectivity index (χ3v) is 7.60. The van der Waals surface area contributed by atoms with E-state index in [9.17, 15) is 18.0 Å². The molecule has 1 fully saturated rings. The monoisotopic (exact) mass is 612 g/mol. The molecule has 3 aromatic rings. The van der Waals surface area contributed by atoms with Crippen molar-refractivity contribution < 1.29 is 37.0 Å². The van der Waals surface area contributed by atoms with Gasteiger partial charge in [0.05, 0.1) is 41.6 Å². The number of amides is 1. The van der Waals surface area contributed by atoms with Crippen LogP contribution >= 0.6 is 23.2 Å². The number of hydrogen-bond donors (Lipinski definition) is 2. The van der Waals surface area contributed by atoms with E-state index in [1.807, 2.05) is 0 Å². The Morgan fingerprint density at radius 1 is 1.05 bits per heavy atom. The normalized spacial score (nSPS) is 14.3. The van der Waals surface area contributed by atoms with E-state index in [-0.39, 0.29) is 33.2 Å². The van der Waals surface area contributed by atoms with Gasteiger partial charge in [-0.15, -0.1) is 0 Å². The van der Waals surface area contributed by atoms with Crippen LogP contribution in [0.1, 0.15) is 41.6 Å². The number of nitrogens with one attached hydrogen (secondary N) is 1. The summed E-state index contributed by atoms with van der Waals surface area (Å²) < 4.78 is 44.2. The molecule has 0 saturated carbocycles. The summed E-state index contributed by atoms with van der Waals surface area (Å²) in [4.78, 5) is 27.6. The van der Waals surface area contributed by atoms with Crippen molar-refractivity contribution in [3.8, 4) is 0 Å². The molecule has 1 atom stereocenters. The van der Waals surface area contributed by atoms with Gasteiger partial charge >= 0.3 is 5.97 Å². The molecule has 1 saturated heterocycles. The molecule has 0 bridgehead atoms. The van der Waals surface area contributed by atoms with Crippen molar-refractivity contribution >= 4 is 45.1 Å². The molecule has 0 radical (unpaired) electrons. The van der Waals surface area contributed by atoms with Gasteiger partial charge in [-0.1, -0.05) is 53.5 Å². The molecule has 2 aromatic carbocycles. The SMILES string of the molecule is CC(C)O.O=C(OC(C(=O)N1CCOCC1)c1ccccc1)c1cc(S(=O)(=O)NCc2ccco2)c(Cl)cc1Cl. The van der Waals surface area contributed by atoms with Crippen molar-refractivity contribution in [1.29, 1.82) is 0 Å². The molecule has 4 rings (SSSR count). The van der Waals surface area contributed by atoms with Gasteiger partial charge in [0.1, 0.15) is 10.7 Å². The highest BCUT2D eigenvalue weighted by Gasteiger charge is 2.32. The fourth-order valence-corrected chi connectivity index (χ4v) is 5.40. The maximum absolute atomic E-state index is 13.3. The van der Waals surface area contributed by atoms with Crippen LogP contribution in [0.2, 0.25) is 10.0 Å². The molecule has 0 spiro atoms. The zero-order valence-corrected chi connectivity index (χ0v) is 24.2. The predicted molar refractivity (Wildman–Crippen MR) is 149 cm³/mol. The van der Waals surface area contributed by atoms with Gasteiger partial charge in [0.2, 0.25) is 16.1 Å². The summed E-state index contributed by atoms with van der Waals surface area (Å²) in [6, 6.07) is 13.9. The quantitative estimate of drug-likeness (QED) is 0.361. The Hall–Kier alpha value is -2.93. The van der Waals surface area contributed by atoms with E-state index in [1.165, 1.54) is 6.26 Å². The van der Waals surface area contributed by atoms with Crippen molar-refractivity contribution in [3.63, 3.8) is 0 Å². The first-order chi connectivity index (χ1) is 19.0. The summed E-state index contributed by atoms with van der Waals surface area (Å²) in [7, 11) is -4.15. The molecule has 0 aliphatic carbocycles. The summed E-state index contributed by atoms with van der Waals surface area (Å²) >= 11 is 12.4. The van der Waals surface area contributed by atoms with Crippen LogP contribution in [-0.4, -0.2) is 62.7 Å².